The first-order valence-corrected chi connectivity index (χ1v) is 10.6. The number of hydrogen-bond acceptors (Lipinski definition) is 7. The van der Waals surface area contributed by atoms with E-state index in [2.05, 4.69) is 15.3 Å². The minimum Gasteiger partial charge on any atom is -0.486 e. The second-order valence-electron chi connectivity index (χ2n) is 6.28. The van der Waals surface area contributed by atoms with Crippen LogP contribution in [0.1, 0.15) is 24.0 Å². The zero-order valence-corrected chi connectivity index (χ0v) is 18.0. The van der Waals surface area contributed by atoms with E-state index in [9.17, 15) is 0 Å². The molecule has 0 spiro atoms. The molecule has 3 heterocycles. The topological polar surface area (TPSA) is 78.6 Å². The quantitative estimate of drug-likeness (QED) is 0.258. The third-order valence-electron chi connectivity index (χ3n) is 4.12. The second kappa shape index (κ2) is 9.23. The molecule has 0 radical (unpaired) electrons. The van der Waals surface area contributed by atoms with Crippen LogP contribution in [-0.2, 0) is 6.61 Å². The number of aromatic nitrogens is 3. The van der Waals surface area contributed by atoms with Gasteiger partial charge in [0.15, 0.2) is 5.76 Å². The third-order valence-corrected chi connectivity index (χ3v) is 5.35. The lowest BCUT2D eigenvalue weighted by atomic mass is 10.2. The smallest absolute Gasteiger partial charge is 0.221 e. The molecular formula is C21H19ClN4O3S. The number of nitrogens with zero attached hydrogens (tertiary/aromatic N) is 4. The van der Waals surface area contributed by atoms with E-state index in [1.54, 1.807) is 35.0 Å². The highest BCUT2D eigenvalue weighted by molar-refractivity contribution is 7.99. The summed E-state index contributed by atoms with van der Waals surface area (Å²) in [5.41, 5.74) is 0.962. The van der Waals surface area contributed by atoms with Crippen LogP contribution in [0.5, 0.6) is 5.75 Å². The Morgan fingerprint density at radius 1 is 1.23 bits per heavy atom. The van der Waals surface area contributed by atoms with Gasteiger partial charge in [0.25, 0.3) is 0 Å². The molecule has 0 aliphatic rings. The van der Waals surface area contributed by atoms with Crippen molar-refractivity contribution < 1.29 is 13.6 Å². The molecular weight excluding hydrogens is 424 g/mol. The number of hydrogen-bond donors (Lipinski definition) is 0. The van der Waals surface area contributed by atoms with Crippen molar-refractivity contribution in [3.8, 4) is 17.3 Å². The van der Waals surface area contributed by atoms with Gasteiger partial charge in [-0.15, -0.1) is 10.2 Å². The van der Waals surface area contributed by atoms with Gasteiger partial charge in [0.05, 0.1) is 12.5 Å². The van der Waals surface area contributed by atoms with Gasteiger partial charge in [-0.2, -0.15) is 9.78 Å². The number of furan rings is 2. The van der Waals surface area contributed by atoms with Gasteiger partial charge in [0, 0.05) is 5.02 Å². The first kappa shape index (κ1) is 20.3. The molecule has 1 aromatic carbocycles. The highest BCUT2D eigenvalue weighted by Crippen LogP contribution is 2.24. The number of ether oxygens (including phenoxy) is 1. The molecule has 4 rings (SSSR count). The van der Waals surface area contributed by atoms with E-state index in [0.717, 1.165) is 17.1 Å². The minimum absolute atomic E-state index is 0.302. The van der Waals surface area contributed by atoms with Gasteiger partial charge in [-0.3, -0.25) is 0 Å². The molecule has 0 unspecified atom stereocenters. The first-order chi connectivity index (χ1) is 14.6. The number of benzene rings is 1. The molecule has 0 aliphatic carbocycles. The molecule has 7 nitrogen and oxygen atoms in total. The maximum absolute atomic E-state index is 6.05. The Morgan fingerprint density at radius 3 is 2.90 bits per heavy atom. The van der Waals surface area contributed by atoms with E-state index in [-0.39, 0.29) is 0 Å². The maximum atomic E-state index is 6.05. The molecule has 0 N–H and O–H groups in total. The van der Waals surface area contributed by atoms with Crippen molar-refractivity contribution in [3.63, 3.8) is 0 Å². The average Bonchev–Trinajstić information content (AvgIpc) is 3.48. The van der Waals surface area contributed by atoms with Crippen molar-refractivity contribution in [2.45, 2.75) is 25.6 Å². The highest BCUT2D eigenvalue weighted by Gasteiger charge is 2.15. The molecule has 0 aliphatic heterocycles. The Morgan fingerprint density at radius 2 is 2.13 bits per heavy atom. The zero-order chi connectivity index (χ0) is 20.9. The van der Waals surface area contributed by atoms with Crippen LogP contribution in [0.2, 0.25) is 5.02 Å². The molecule has 0 amide bonds. The lowest BCUT2D eigenvalue weighted by molar-refractivity contribution is 0.269. The van der Waals surface area contributed by atoms with Crippen LogP contribution in [-0.4, -0.2) is 26.8 Å². The fourth-order valence-corrected chi connectivity index (χ4v) is 3.40. The van der Waals surface area contributed by atoms with Crippen LogP contribution < -0.4 is 4.74 Å². The van der Waals surface area contributed by atoms with Crippen LogP contribution >= 0.6 is 23.4 Å². The van der Waals surface area contributed by atoms with Crippen LogP contribution in [0.25, 0.3) is 11.6 Å². The van der Waals surface area contributed by atoms with E-state index in [1.165, 1.54) is 0 Å². The molecule has 154 valence electrons. The van der Waals surface area contributed by atoms with Crippen LogP contribution in [0.3, 0.4) is 0 Å². The minimum atomic E-state index is 0.302. The summed E-state index contributed by atoms with van der Waals surface area (Å²) in [6.45, 7) is 4.28. The summed E-state index contributed by atoms with van der Waals surface area (Å²) >= 11 is 7.59. The number of aryl methyl sites for hydroxylation is 1. The monoisotopic (exact) mass is 442 g/mol. The van der Waals surface area contributed by atoms with Gasteiger partial charge in [-0.25, -0.2) is 0 Å². The summed E-state index contributed by atoms with van der Waals surface area (Å²) in [6.07, 6.45) is 3.21. The average molecular weight is 443 g/mol. The molecule has 9 heteroatoms. The Balaban J connectivity index is 1.48. The van der Waals surface area contributed by atoms with Gasteiger partial charge >= 0.3 is 0 Å². The molecule has 0 saturated carbocycles. The Bertz CT molecular complexity index is 1150. The number of halogens is 1. The third kappa shape index (κ3) is 4.60. The van der Waals surface area contributed by atoms with E-state index in [1.807, 2.05) is 50.2 Å². The summed E-state index contributed by atoms with van der Waals surface area (Å²) in [5, 5.41) is 14.3. The fraction of sp³-hybridized carbons (Fsp3) is 0.190. The predicted octanol–water partition coefficient (Wildman–Crippen LogP) is 5.67. The van der Waals surface area contributed by atoms with E-state index < -0.39 is 0 Å². The van der Waals surface area contributed by atoms with Gasteiger partial charge < -0.3 is 13.6 Å². The molecule has 30 heavy (non-hydrogen) atoms. The number of thioether (sulfide) groups is 1. The molecule has 4 aromatic rings. The van der Waals surface area contributed by atoms with Gasteiger partial charge in [-0.05, 0) is 60.7 Å². The second-order valence-corrected chi connectivity index (χ2v) is 7.91. The molecule has 0 atom stereocenters. The largest absolute Gasteiger partial charge is 0.486 e. The lowest BCUT2D eigenvalue weighted by Crippen LogP contribution is -1.96. The SMILES string of the molecule is CCSc1nnc(-c2ccco2)n1/N=C\c1ccc(COc2ccc(Cl)c(C)c2)o1. The summed E-state index contributed by atoms with van der Waals surface area (Å²) < 4.78 is 18.7. The molecule has 0 saturated heterocycles. The van der Waals surface area contributed by atoms with Crippen molar-refractivity contribution in [1.29, 1.82) is 0 Å². The Kier molecular flexibility index (Phi) is 6.25. The van der Waals surface area contributed by atoms with E-state index in [4.69, 9.17) is 25.2 Å². The molecule has 0 bridgehead atoms. The first-order valence-electron chi connectivity index (χ1n) is 9.28. The van der Waals surface area contributed by atoms with Crippen molar-refractivity contribution in [1.82, 2.24) is 14.9 Å². The van der Waals surface area contributed by atoms with Crippen molar-refractivity contribution >= 4 is 29.6 Å². The summed E-state index contributed by atoms with van der Waals surface area (Å²) in [6, 6.07) is 12.8. The standard InChI is InChI=1S/C21H19ClN4O3S/c1-3-30-21-25-24-20(19-5-4-10-27-19)26(21)23-12-16-6-7-17(29-16)13-28-15-8-9-18(22)14(2)11-15/h4-12H,3,13H2,1-2H3/b23-12-. The zero-order valence-electron chi connectivity index (χ0n) is 16.4. The van der Waals surface area contributed by atoms with Gasteiger partial charge in [-0.1, -0.05) is 30.3 Å². The summed E-state index contributed by atoms with van der Waals surface area (Å²) in [7, 11) is 0. The maximum Gasteiger partial charge on any atom is 0.221 e. The van der Waals surface area contributed by atoms with E-state index in [0.29, 0.717) is 39.9 Å². The fourth-order valence-electron chi connectivity index (χ4n) is 2.67. The van der Waals surface area contributed by atoms with Crippen molar-refractivity contribution in [2.24, 2.45) is 5.10 Å². The number of rotatable bonds is 8. The van der Waals surface area contributed by atoms with Gasteiger partial charge in [0.2, 0.25) is 11.0 Å². The highest BCUT2D eigenvalue weighted by atomic mass is 35.5. The molecule has 3 aromatic heterocycles. The molecule has 0 fully saturated rings. The Hall–Kier alpha value is -2.97. The summed E-state index contributed by atoms with van der Waals surface area (Å²) in [5.74, 6) is 3.97. The lowest BCUT2D eigenvalue weighted by Gasteiger charge is -2.06. The summed E-state index contributed by atoms with van der Waals surface area (Å²) in [4.78, 5) is 0. The van der Waals surface area contributed by atoms with Crippen LogP contribution in [0.15, 0.2) is 67.8 Å². The van der Waals surface area contributed by atoms with Crippen LogP contribution in [0.4, 0.5) is 0 Å². The van der Waals surface area contributed by atoms with Gasteiger partial charge in [0.1, 0.15) is 23.9 Å². The van der Waals surface area contributed by atoms with E-state index >= 15 is 0 Å². The van der Waals surface area contributed by atoms with Crippen LogP contribution in [0, 0.1) is 6.92 Å². The van der Waals surface area contributed by atoms with Crippen molar-refractivity contribution in [3.05, 3.63) is 70.8 Å². The normalized spacial score (nSPS) is 11.4. The Labute approximate surface area is 182 Å². The van der Waals surface area contributed by atoms with Crippen molar-refractivity contribution in [2.75, 3.05) is 5.75 Å². The predicted molar refractivity (Wildman–Crippen MR) is 116 cm³/mol.